The molecule has 1 saturated carbocycles. The van der Waals surface area contributed by atoms with Crippen molar-refractivity contribution < 1.29 is 0 Å². The van der Waals surface area contributed by atoms with Crippen molar-refractivity contribution in [3.05, 3.63) is 11.9 Å². The highest BCUT2D eigenvalue weighted by Crippen LogP contribution is 2.28. The van der Waals surface area contributed by atoms with Gasteiger partial charge in [-0.1, -0.05) is 6.92 Å². The molecule has 1 aromatic heterocycles. The summed E-state index contributed by atoms with van der Waals surface area (Å²) < 4.78 is 0. The Labute approximate surface area is 121 Å². The third-order valence-corrected chi connectivity index (χ3v) is 4.08. The summed E-state index contributed by atoms with van der Waals surface area (Å²) in [6, 6.07) is 2.97. The van der Waals surface area contributed by atoms with Crippen LogP contribution in [0.15, 0.2) is 6.07 Å². The molecule has 1 aromatic rings. The molecule has 3 rings (SSSR count). The van der Waals surface area contributed by atoms with E-state index in [2.05, 4.69) is 38.1 Å². The van der Waals surface area contributed by atoms with Gasteiger partial charge in [-0.15, -0.1) is 0 Å². The number of aromatic nitrogens is 2. The van der Waals surface area contributed by atoms with Crippen LogP contribution in [0.5, 0.6) is 0 Å². The van der Waals surface area contributed by atoms with Crippen LogP contribution in [0.3, 0.4) is 0 Å². The summed E-state index contributed by atoms with van der Waals surface area (Å²) in [5.41, 5.74) is 0. The SMILES string of the molecule is CCCNc1cc(N2CCN(C3CC3)CC2)nc(C)n1. The van der Waals surface area contributed by atoms with Crippen LogP contribution in [0.25, 0.3) is 0 Å². The molecule has 20 heavy (non-hydrogen) atoms. The van der Waals surface area contributed by atoms with Crippen molar-refractivity contribution in [3.63, 3.8) is 0 Å². The maximum absolute atomic E-state index is 4.61. The van der Waals surface area contributed by atoms with Gasteiger partial charge in [-0.25, -0.2) is 9.97 Å². The fraction of sp³-hybridized carbons (Fsp3) is 0.733. The Morgan fingerprint density at radius 1 is 1.20 bits per heavy atom. The van der Waals surface area contributed by atoms with E-state index in [4.69, 9.17) is 0 Å². The first-order valence-electron chi connectivity index (χ1n) is 7.85. The van der Waals surface area contributed by atoms with E-state index in [1.165, 1.54) is 25.9 Å². The molecule has 2 fully saturated rings. The smallest absolute Gasteiger partial charge is 0.134 e. The summed E-state index contributed by atoms with van der Waals surface area (Å²) >= 11 is 0. The zero-order chi connectivity index (χ0) is 13.9. The molecule has 0 atom stereocenters. The van der Waals surface area contributed by atoms with E-state index >= 15 is 0 Å². The molecule has 5 nitrogen and oxygen atoms in total. The average molecular weight is 275 g/mol. The van der Waals surface area contributed by atoms with E-state index < -0.39 is 0 Å². The Hall–Kier alpha value is -1.36. The van der Waals surface area contributed by atoms with Crippen molar-refractivity contribution >= 4 is 11.6 Å². The number of hydrogen-bond acceptors (Lipinski definition) is 5. The van der Waals surface area contributed by atoms with Gasteiger partial charge in [0.15, 0.2) is 0 Å². The summed E-state index contributed by atoms with van der Waals surface area (Å²) in [6.45, 7) is 9.61. The van der Waals surface area contributed by atoms with Crippen LogP contribution in [0.4, 0.5) is 11.6 Å². The highest BCUT2D eigenvalue weighted by atomic mass is 15.3. The summed E-state index contributed by atoms with van der Waals surface area (Å²) in [5.74, 6) is 2.89. The Morgan fingerprint density at radius 3 is 2.60 bits per heavy atom. The highest BCUT2D eigenvalue weighted by molar-refractivity contribution is 5.49. The second-order valence-corrected chi connectivity index (χ2v) is 5.84. The Kier molecular flexibility index (Phi) is 4.05. The lowest BCUT2D eigenvalue weighted by Crippen LogP contribution is -2.47. The molecule has 1 N–H and O–H groups in total. The molecular weight excluding hydrogens is 250 g/mol. The minimum absolute atomic E-state index is 0.853. The van der Waals surface area contributed by atoms with Crippen molar-refractivity contribution in [3.8, 4) is 0 Å². The summed E-state index contributed by atoms with van der Waals surface area (Å²) in [7, 11) is 0. The Bertz CT molecular complexity index is 450. The van der Waals surface area contributed by atoms with Crippen LogP contribution in [0.2, 0.25) is 0 Å². The first kappa shape index (κ1) is 13.6. The maximum atomic E-state index is 4.61. The lowest BCUT2D eigenvalue weighted by Gasteiger charge is -2.35. The van der Waals surface area contributed by atoms with Gasteiger partial charge in [-0.2, -0.15) is 0 Å². The molecule has 0 unspecified atom stereocenters. The molecule has 1 aliphatic heterocycles. The number of nitrogens with one attached hydrogen (secondary N) is 1. The quantitative estimate of drug-likeness (QED) is 0.889. The predicted molar refractivity (Wildman–Crippen MR) is 82.4 cm³/mol. The molecule has 1 saturated heterocycles. The number of aryl methyl sites for hydroxylation is 1. The lowest BCUT2D eigenvalue weighted by atomic mass is 10.3. The summed E-state index contributed by atoms with van der Waals surface area (Å²) in [4.78, 5) is 14.1. The van der Waals surface area contributed by atoms with Gasteiger partial charge in [0.1, 0.15) is 17.5 Å². The van der Waals surface area contributed by atoms with Gasteiger partial charge in [0.05, 0.1) is 0 Å². The molecule has 0 amide bonds. The van der Waals surface area contributed by atoms with Gasteiger partial charge < -0.3 is 10.2 Å². The number of rotatable bonds is 5. The van der Waals surface area contributed by atoms with E-state index in [1.807, 2.05) is 6.92 Å². The molecule has 0 spiro atoms. The Balaban J connectivity index is 1.65. The molecule has 2 heterocycles. The second-order valence-electron chi connectivity index (χ2n) is 5.84. The second kappa shape index (κ2) is 5.95. The van der Waals surface area contributed by atoms with Crippen molar-refractivity contribution in [2.45, 2.75) is 39.2 Å². The van der Waals surface area contributed by atoms with E-state index in [0.717, 1.165) is 49.6 Å². The normalized spacial score (nSPS) is 20.2. The third-order valence-electron chi connectivity index (χ3n) is 4.08. The van der Waals surface area contributed by atoms with E-state index in [9.17, 15) is 0 Å². The highest BCUT2D eigenvalue weighted by Gasteiger charge is 2.31. The van der Waals surface area contributed by atoms with Crippen LogP contribution in [0, 0.1) is 6.92 Å². The van der Waals surface area contributed by atoms with Crippen molar-refractivity contribution in [1.29, 1.82) is 0 Å². The summed E-state index contributed by atoms with van der Waals surface area (Å²) in [6.07, 6.45) is 3.91. The number of nitrogens with zero attached hydrogens (tertiary/aromatic N) is 4. The van der Waals surface area contributed by atoms with Gasteiger partial charge in [0.25, 0.3) is 0 Å². The van der Waals surface area contributed by atoms with Gasteiger partial charge in [0, 0.05) is 44.8 Å². The van der Waals surface area contributed by atoms with Crippen LogP contribution in [0.1, 0.15) is 32.0 Å². The molecule has 2 aliphatic rings. The number of piperazine rings is 1. The Morgan fingerprint density at radius 2 is 1.95 bits per heavy atom. The standard InChI is InChI=1S/C15H25N5/c1-3-6-16-14-11-15(18-12(2)17-14)20-9-7-19(8-10-20)13-4-5-13/h11,13H,3-10H2,1-2H3,(H,16,17,18). The van der Waals surface area contributed by atoms with Gasteiger partial charge in [-0.3, -0.25) is 4.90 Å². The zero-order valence-electron chi connectivity index (χ0n) is 12.6. The molecule has 110 valence electrons. The van der Waals surface area contributed by atoms with Crippen LogP contribution in [-0.2, 0) is 0 Å². The molecule has 0 bridgehead atoms. The van der Waals surface area contributed by atoms with Gasteiger partial charge >= 0.3 is 0 Å². The topological polar surface area (TPSA) is 44.3 Å². The number of anilines is 2. The molecule has 0 radical (unpaired) electrons. The van der Waals surface area contributed by atoms with Crippen LogP contribution in [-0.4, -0.2) is 53.6 Å². The maximum Gasteiger partial charge on any atom is 0.134 e. The molecule has 0 aromatic carbocycles. The first-order valence-corrected chi connectivity index (χ1v) is 7.85. The lowest BCUT2D eigenvalue weighted by molar-refractivity contribution is 0.247. The van der Waals surface area contributed by atoms with E-state index in [-0.39, 0.29) is 0 Å². The van der Waals surface area contributed by atoms with Crippen LogP contribution < -0.4 is 10.2 Å². The predicted octanol–water partition coefficient (Wildman–Crippen LogP) is 1.89. The van der Waals surface area contributed by atoms with Crippen molar-refractivity contribution in [1.82, 2.24) is 14.9 Å². The van der Waals surface area contributed by atoms with Crippen LogP contribution >= 0.6 is 0 Å². The molecular formula is C15H25N5. The summed E-state index contributed by atoms with van der Waals surface area (Å²) in [5, 5.41) is 3.36. The number of hydrogen-bond donors (Lipinski definition) is 1. The largest absolute Gasteiger partial charge is 0.370 e. The molecule has 1 aliphatic carbocycles. The average Bonchev–Trinajstić information content (AvgIpc) is 3.29. The fourth-order valence-corrected chi connectivity index (χ4v) is 2.81. The van der Waals surface area contributed by atoms with Crippen molar-refractivity contribution in [2.75, 3.05) is 42.9 Å². The monoisotopic (exact) mass is 275 g/mol. The minimum Gasteiger partial charge on any atom is -0.370 e. The molecule has 5 heteroatoms. The minimum atomic E-state index is 0.853. The third kappa shape index (κ3) is 3.20. The first-order chi connectivity index (χ1) is 9.76. The fourth-order valence-electron chi connectivity index (χ4n) is 2.81. The van der Waals surface area contributed by atoms with Crippen molar-refractivity contribution in [2.24, 2.45) is 0 Å². The zero-order valence-corrected chi connectivity index (χ0v) is 12.6. The van der Waals surface area contributed by atoms with E-state index in [1.54, 1.807) is 0 Å². The van der Waals surface area contributed by atoms with Gasteiger partial charge in [-0.05, 0) is 26.2 Å². The van der Waals surface area contributed by atoms with Gasteiger partial charge in [0.2, 0.25) is 0 Å². The van der Waals surface area contributed by atoms with E-state index in [0.29, 0.717) is 0 Å².